The Balaban J connectivity index is 1.90. The lowest BCUT2D eigenvalue weighted by molar-refractivity contribution is -0.0163. The number of nitrogens with zero attached hydrogens (tertiary/aromatic N) is 2. The molecule has 0 unspecified atom stereocenters. The van der Waals surface area contributed by atoms with Crippen LogP contribution >= 0.6 is 0 Å². The van der Waals surface area contributed by atoms with Gasteiger partial charge in [-0.05, 0) is 70.0 Å². The maximum atomic E-state index is 13.5. The van der Waals surface area contributed by atoms with E-state index in [1.807, 2.05) is 27.7 Å². The summed E-state index contributed by atoms with van der Waals surface area (Å²) in [4.78, 5) is 16.7. The average Bonchev–Trinajstić information content (AvgIpc) is 2.66. The van der Waals surface area contributed by atoms with Gasteiger partial charge in [0.15, 0.2) is 0 Å². The minimum absolute atomic E-state index is 0.0221. The van der Waals surface area contributed by atoms with Crippen molar-refractivity contribution in [2.24, 2.45) is 0 Å². The molecule has 4 nitrogen and oxygen atoms in total. The van der Waals surface area contributed by atoms with Gasteiger partial charge in [-0.15, -0.1) is 0 Å². The minimum Gasteiger partial charge on any atom is -0.444 e. The first-order chi connectivity index (χ1) is 14.0. The van der Waals surface area contributed by atoms with Crippen molar-refractivity contribution in [1.82, 2.24) is 9.80 Å². The van der Waals surface area contributed by atoms with Gasteiger partial charge in [-0.25, -0.2) is 13.6 Å². The molecule has 0 spiro atoms. The van der Waals surface area contributed by atoms with Crippen LogP contribution in [0.25, 0.3) is 0 Å². The fourth-order valence-corrected chi connectivity index (χ4v) is 3.95. The van der Waals surface area contributed by atoms with Crippen LogP contribution in [0.5, 0.6) is 0 Å². The molecule has 1 aliphatic heterocycles. The molecule has 0 radical (unpaired) electrons. The molecule has 162 valence electrons. The Kier molecular flexibility index (Phi) is 6.46. The second kappa shape index (κ2) is 8.72. The topological polar surface area (TPSA) is 32.8 Å². The highest BCUT2D eigenvalue weighted by atomic mass is 19.1. The summed E-state index contributed by atoms with van der Waals surface area (Å²) in [5.74, 6) is -0.597. The van der Waals surface area contributed by atoms with Gasteiger partial charge in [-0.2, -0.15) is 0 Å². The lowest BCUT2D eigenvalue weighted by Crippen LogP contribution is -2.59. The van der Waals surface area contributed by atoms with Gasteiger partial charge in [-0.1, -0.05) is 24.3 Å². The van der Waals surface area contributed by atoms with Gasteiger partial charge in [0.05, 0.1) is 6.04 Å². The van der Waals surface area contributed by atoms with Gasteiger partial charge in [-0.3, -0.25) is 4.90 Å². The number of hydrogen-bond donors (Lipinski definition) is 0. The van der Waals surface area contributed by atoms with E-state index in [2.05, 4.69) is 11.8 Å². The third-order valence-corrected chi connectivity index (χ3v) is 5.37. The lowest BCUT2D eigenvalue weighted by Gasteiger charge is -2.47. The standard InChI is InChI=1S/C24H30F2N2O2/c1-16-15-28(23(29)30-24(3,4)5)17(2)14-27(16)22(18-6-10-20(25)11-7-18)19-8-12-21(26)13-9-19/h6-13,16-17,22H,14-15H2,1-5H3/t16-,17-/m0/s1. The predicted octanol–water partition coefficient (Wildman–Crippen LogP) is 5.38. The first-order valence-electron chi connectivity index (χ1n) is 10.3. The van der Waals surface area contributed by atoms with Crippen molar-refractivity contribution in [3.05, 3.63) is 71.3 Å². The average molecular weight is 417 g/mol. The summed E-state index contributed by atoms with van der Waals surface area (Å²) in [5, 5.41) is 0. The highest BCUT2D eigenvalue weighted by Crippen LogP contribution is 2.34. The molecular weight excluding hydrogens is 386 g/mol. The van der Waals surface area contributed by atoms with E-state index in [4.69, 9.17) is 4.74 Å². The van der Waals surface area contributed by atoms with E-state index in [9.17, 15) is 13.6 Å². The summed E-state index contributed by atoms with van der Waals surface area (Å²) in [7, 11) is 0. The largest absolute Gasteiger partial charge is 0.444 e. The fraction of sp³-hybridized carbons (Fsp3) is 0.458. The molecular formula is C24H30F2N2O2. The molecule has 0 saturated carbocycles. The zero-order valence-corrected chi connectivity index (χ0v) is 18.2. The van der Waals surface area contributed by atoms with Crippen LogP contribution in [0.1, 0.15) is 51.8 Å². The molecule has 1 saturated heterocycles. The summed E-state index contributed by atoms with van der Waals surface area (Å²) in [6, 6.07) is 12.6. The second-order valence-electron chi connectivity index (χ2n) is 9.03. The molecule has 30 heavy (non-hydrogen) atoms. The molecule has 0 bridgehead atoms. The molecule has 1 amide bonds. The fourth-order valence-electron chi connectivity index (χ4n) is 3.95. The number of rotatable bonds is 3. The molecule has 1 heterocycles. The number of halogens is 2. The van der Waals surface area contributed by atoms with E-state index in [1.165, 1.54) is 24.3 Å². The summed E-state index contributed by atoms with van der Waals surface area (Å²) >= 11 is 0. The molecule has 0 aliphatic carbocycles. The molecule has 2 aromatic rings. The van der Waals surface area contributed by atoms with Crippen LogP contribution in [-0.4, -0.2) is 46.7 Å². The molecule has 2 aromatic carbocycles. The van der Waals surface area contributed by atoms with Gasteiger partial charge in [0.1, 0.15) is 17.2 Å². The number of hydrogen-bond acceptors (Lipinski definition) is 3. The molecule has 3 rings (SSSR count). The maximum Gasteiger partial charge on any atom is 0.410 e. The number of piperazine rings is 1. The normalized spacial score (nSPS) is 20.5. The zero-order chi connectivity index (χ0) is 22.1. The van der Waals surface area contributed by atoms with Crippen LogP contribution in [0.3, 0.4) is 0 Å². The molecule has 0 aromatic heterocycles. The van der Waals surface area contributed by atoms with E-state index >= 15 is 0 Å². The van der Waals surface area contributed by atoms with Crippen LogP contribution in [0.15, 0.2) is 48.5 Å². The van der Waals surface area contributed by atoms with E-state index in [-0.39, 0.29) is 35.9 Å². The molecule has 6 heteroatoms. The van der Waals surface area contributed by atoms with Gasteiger partial charge in [0.2, 0.25) is 0 Å². The smallest absolute Gasteiger partial charge is 0.410 e. The van der Waals surface area contributed by atoms with Crippen molar-refractivity contribution >= 4 is 6.09 Å². The van der Waals surface area contributed by atoms with Crippen LogP contribution in [0.2, 0.25) is 0 Å². The second-order valence-corrected chi connectivity index (χ2v) is 9.03. The number of carbonyl (C=O) groups excluding carboxylic acids is 1. The van der Waals surface area contributed by atoms with Crippen molar-refractivity contribution in [3.8, 4) is 0 Å². The van der Waals surface area contributed by atoms with E-state index in [0.29, 0.717) is 13.1 Å². The third-order valence-electron chi connectivity index (χ3n) is 5.37. The van der Waals surface area contributed by atoms with Gasteiger partial charge >= 0.3 is 6.09 Å². The van der Waals surface area contributed by atoms with E-state index < -0.39 is 5.60 Å². The summed E-state index contributed by atoms with van der Waals surface area (Å²) in [6.07, 6.45) is -0.318. The summed E-state index contributed by atoms with van der Waals surface area (Å²) in [6.45, 7) is 10.7. The van der Waals surface area contributed by atoms with Crippen molar-refractivity contribution in [2.75, 3.05) is 13.1 Å². The highest BCUT2D eigenvalue weighted by molar-refractivity contribution is 5.68. The molecule has 0 N–H and O–H groups in total. The molecule has 2 atom stereocenters. The molecule has 1 fully saturated rings. The highest BCUT2D eigenvalue weighted by Gasteiger charge is 2.38. The molecule has 1 aliphatic rings. The van der Waals surface area contributed by atoms with Crippen LogP contribution in [0.4, 0.5) is 13.6 Å². The lowest BCUT2D eigenvalue weighted by atomic mass is 9.93. The van der Waals surface area contributed by atoms with Crippen LogP contribution in [-0.2, 0) is 4.74 Å². The first-order valence-corrected chi connectivity index (χ1v) is 10.3. The third kappa shape index (κ3) is 5.17. The quantitative estimate of drug-likeness (QED) is 0.673. The van der Waals surface area contributed by atoms with Crippen molar-refractivity contribution < 1.29 is 18.3 Å². The Morgan fingerprint density at radius 2 is 1.37 bits per heavy atom. The number of carbonyl (C=O) groups is 1. The zero-order valence-electron chi connectivity index (χ0n) is 18.2. The van der Waals surface area contributed by atoms with Crippen molar-refractivity contribution in [1.29, 1.82) is 0 Å². The Morgan fingerprint density at radius 3 is 1.80 bits per heavy atom. The van der Waals surface area contributed by atoms with Gasteiger partial charge in [0.25, 0.3) is 0 Å². The van der Waals surface area contributed by atoms with E-state index in [1.54, 1.807) is 29.2 Å². The van der Waals surface area contributed by atoms with Crippen molar-refractivity contribution in [2.45, 2.75) is 58.3 Å². The predicted molar refractivity (Wildman–Crippen MR) is 113 cm³/mol. The van der Waals surface area contributed by atoms with E-state index in [0.717, 1.165) is 11.1 Å². The minimum atomic E-state index is -0.554. The Labute approximate surface area is 177 Å². The Bertz CT molecular complexity index is 817. The van der Waals surface area contributed by atoms with Gasteiger partial charge < -0.3 is 9.64 Å². The number of benzene rings is 2. The maximum absolute atomic E-state index is 13.5. The summed E-state index contributed by atoms with van der Waals surface area (Å²) in [5.41, 5.74) is 1.29. The van der Waals surface area contributed by atoms with Crippen LogP contribution in [0, 0.1) is 11.6 Å². The van der Waals surface area contributed by atoms with Crippen molar-refractivity contribution in [3.63, 3.8) is 0 Å². The van der Waals surface area contributed by atoms with Crippen LogP contribution < -0.4 is 0 Å². The monoisotopic (exact) mass is 416 g/mol. The SMILES string of the molecule is C[C@H]1CN(C(c2ccc(F)cc2)c2ccc(F)cc2)[C@@H](C)CN1C(=O)OC(C)(C)C. The summed E-state index contributed by atoms with van der Waals surface area (Å²) < 4.78 is 32.7. The Morgan fingerprint density at radius 1 is 0.900 bits per heavy atom. The Hall–Kier alpha value is -2.47. The number of ether oxygens (including phenoxy) is 1. The number of amides is 1. The first kappa shape index (κ1) is 22.2. The van der Waals surface area contributed by atoms with Gasteiger partial charge in [0, 0.05) is 25.2 Å².